The van der Waals surface area contributed by atoms with Crippen molar-refractivity contribution in [3.8, 4) is 0 Å². The van der Waals surface area contributed by atoms with Gasteiger partial charge in [0.2, 0.25) is 0 Å². The number of hydrogen-bond donors (Lipinski definition) is 3. The number of carboxylic acids is 1. The molecule has 0 fully saturated rings. The molecule has 1 heterocycles. The van der Waals surface area contributed by atoms with E-state index in [9.17, 15) is 9.90 Å². The number of nitrogens with one attached hydrogen (secondary N) is 2. The van der Waals surface area contributed by atoms with Gasteiger partial charge in [0.05, 0.1) is 0 Å². The van der Waals surface area contributed by atoms with Crippen LogP contribution in [0, 0.1) is 0 Å². The lowest BCUT2D eigenvalue weighted by atomic mass is 10.1. The van der Waals surface area contributed by atoms with Gasteiger partial charge >= 0.3 is 5.97 Å². The minimum absolute atomic E-state index is 0.272. The monoisotopic (exact) mass is 294 g/mol. The van der Waals surface area contributed by atoms with Gasteiger partial charge in [-0.05, 0) is 24.6 Å². The molecule has 0 saturated heterocycles. The highest BCUT2D eigenvalue weighted by Gasteiger charge is 2.15. The van der Waals surface area contributed by atoms with Crippen molar-refractivity contribution in [2.24, 2.45) is 0 Å². The Morgan fingerprint density at radius 3 is 2.55 bits per heavy atom. The Morgan fingerprint density at radius 1 is 1.05 bits per heavy atom. The summed E-state index contributed by atoms with van der Waals surface area (Å²) in [4.78, 5) is 14.4. The molecule has 0 amide bonds. The van der Waals surface area contributed by atoms with Crippen molar-refractivity contribution < 1.29 is 9.90 Å². The fraction of sp³-hybridized carbons (Fsp3) is 0.167. The van der Waals surface area contributed by atoms with Crippen LogP contribution >= 0.6 is 0 Å². The molecule has 0 atom stereocenters. The third-order valence-corrected chi connectivity index (χ3v) is 3.76. The first-order chi connectivity index (χ1) is 10.8. The van der Waals surface area contributed by atoms with Crippen molar-refractivity contribution in [3.05, 3.63) is 71.4 Å². The zero-order valence-electron chi connectivity index (χ0n) is 12.2. The molecule has 0 aliphatic rings. The number of aromatic carboxylic acids is 1. The predicted octanol–water partition coefficient (Wildman–Crippen LogP) is 3.20. The molecule has 0 aliphatic carbocycles. The van der Waals surface area contributed by atoms with Crippen LogP contribution in [0.3, 0.4) is 0 Å². The lowest BCUT2D eigenvalue weighted by molar-refractivity contribution is 0.0690. The van der Waals surface area contributed by atoms with E-state index in [0.717, 1.165) is 29.4 Å². The number of rotatable bonds is 6. The van der Waals surface area contributed by atoms with Gasteiger partial charge in [-0.3, -0.25) is 0 Å². The Balaban J connectivity index is 1.70. The second kappa shape index (κ2) is 6.45. The largest absolute Gasteiger partial charge is 0.477 e. The first-order valence-electron chi connectivity index (χ1n) is 7.33. The Kier molecular flexibility index (Phi) is 4.21. The van der Waals surface area contributed by atoms with Gasteiger partial charge in [-0.15, -0.1) is 0 Å². The standard InChI is InChI=1S/C18H18N2O2/c21-18(22)17-15(14-8-4-5-9-16(14)20-17)12-19-11-10-13-6-2-1-3-7-13/h1-9,19-20H,10-12H2,(H,21,22). The molecule has 3 rings (SSSR count). The van der Waals surface area contributed by atoms with Gasteiger partial charge in [0.25, 0.3) is 0 Å². The van der Waals surface area contributed by atoms with Crippen LogP contribution in [0.5, 0.6) is 0 Å². The molecule has 0 radical (unpaired) electrons. The molecule has 3 aromatic rings. The number of H-pyrrole nitrogens is 1. The van der Waals surface area contributed by atoms with Gasteiger partial charge in [-0.2, -0.15) is 0 Å². The van der Waals surface area contributed by atoms with E-state index in [1.807, 2.05) is 42.5 Å². The summed E-state index contributed by atoms with van der Waals surface area (Å²) >= 11 is 0. The van der Waals surface area contributed by atoms with E-state index < -0.39 is 5.97 Å². The predicted molar refractivity (Wildman–Crippen MR) is 87.1 cm³/mol. The van der Waals surface area contributed by atoms with Gasteiger partial charge < -0.3 is 15.4 Å². The van der Waals surface area contributed by atoms with Crippen LogP contribution in [0.4, 0.5) is 0 Å². The first kappa shape index (κ1) is 14.4. The zero-order valence-corrected chi connectivity index (χ0v) is 12.2. The lowest BCUT2D eigenvalue weighted by Gasteiger charge is -2.05. The molecule has 0 bridgehead atoms. The Morgan fingerprint density at radius 2 is 1.77 bits per heavy atom. The summed E-state index contributed by atoms with van der Waals surface area (Å²) in [6.45, 7) is 1.35. The van der Waals surface area contributed by atoms with Crippen LogP contribution in [-0.2, 0) is 13.0 Å². The summed E-state index contributed by atoms with van der Waals surface area (Å²) in [5.74, 6) is -0.920. The summed E-state index contributed by atoms with van der Waals surface area (Å²) in [6.07, 6.45) is 0.922. The molecule has 4 nitrogen and oxygen atoms in total. The highest BCUT2D eigenvalue weighted by molar-refractivity contribution is 5.97. The fourth-order valence-electron chi connectivity index (χ4n) is 2.66. The molecule has 0 spiro atoms. The summed E-state index contributed by atoms with van der Waals surface area (Å²) in [7, 11) is 0. The number of fused-ring (bicyclic) bond motifs is 1. The van der Waals surface area contributed by atoms with E-state index in [1.54, 1.807) is 0 Å². The number of para-hydroxylation sites is 1. The Hall–Kier alpha value is -2.59. The second-order valence-electron chi connectivity index (χ2n) is 5.24. The van der Waals surface area contributed by atoms with Crippen molar-refractivity contribution in [1.29, 1.82) is 0 Å². The summed E-state index contributed by atoms with van der Waals surface area (Å²) in [6, 6.07) is 17.9. The van der Waals surface area contributed by atoms with Crippen molar-refractivity contribution in [2.75, 3.05) is 6.54 Å². The highest BCUT2D eigenvalue weighted by Crippen LogP contribution is 2.22. The van der Waals surface area contributed by atoms with Crippen molar-refractivity contribution in [1.82, 2.24) is 10.3 Å². The molecular weight excluding hydrogens is 276 g/mol. The maximum Gasteiger partial charge on any atom is 0.352 e. The van der Waals surface area contributed by atoms with Crippen molar-refractivity contribution >= 4 is 16.9 Å². The molecule has 4 heteroatoms. The Labute approximate surface area is 128 Å². The fourth-order valence-corrected chi connectivity index (χ4v) is 2.66. The third-order valence-electron chi connectivity index (χ3n) is 3.76. The second-order valence-corrected chi connectivity index (χ2v) is 5.24. The summed E-state index contributed by atoms with van der Waals surface area (Å²) in [5.41, 5.74) is 3.22. The van der Waals surface area contributed by atoms with Gasteiger partial charge in [0.15, 0.2) is 0 Å². The normalized spacial score (nSPS) is 10.9. The van der Waals surface area contributed by atoms with Crippen LogP contribution in [0.2, 0.25) is 0 Å². The van der Waals surface area contributed by atoms with E-state index in [4.69, 9.17) is 0 Å². The molecule has 0 saturated carbocycles. The van der Waals surface area contributed by atoms with E-state index in [2.05, 4.69) is 22.4 Å². The average molecular weight is 294 g/mol. The summed E-state index contributed by atoms with van der Waals surface area (Å²) in [5, 5.41) is 13.6. The van der Waals surface area contributed by atoms with E-state index in [1.165, 1.54) is 5.56 Å². The topological polar surface area (TPSA) is 65.1 Å². The van der Waals surface area contributed by atoms with Crippen LogP contribution in [0.15, 0.2) is 54.6 Å². The number of aromatic amines is 1. The van der Waals surface area contributed by atoms with Gasteiger partial charge in [-0.1, -0.05) is 48.5 Å². The number of hydrogen-bond acceptors (Lipinski definition) is 2. The van der Waals surface area contributed by atoms with Crippen LogP contribution in [-0.4, -0.2) is 22.6 Å². The first-order valence-corrected chi connectivity index (χ1v) is 7.33. The molecule has 22 heavy (non-hydrogen) atoms. The number of carbonyl (C=O) groups is 1. The average Bonchev–Trinajstić information content (AvgIpc) is 2.92. The van der Waals surface area contributed by atoms with Crippen molar-refractivity contribution in [2.45, 2.75) is 13.0 Å². The van der Waals surface area contributed by atoms with Crippen LogP contribution in [0.1, 0.15) is 21.6 Å². The van der Waals surface area contributed by atoms with E-state index >= 15 is 0 Å². The number of benzene rings is 2. The van der Waals surface area contributed by atoms with E-state index in [0.29, 0.717) is 6.54 Å². The molecular formula is C18H18N2O2. The minimum atomic E-state index is -0.920. The summed E-state index contributed by atoms with van der Waals surface area (Å²) < 4.78 is 0. The molecule has 112 valence electrons. The van der Waals surface area contributed by atoms with Crippen LogP contribution in [0.25, 0.3) is 10.9 Å². The van der Waals surface area contributed by atoms with Gasteiger partial charge in [0.1, 0.15) is 5.69 Å². The third kappa shape index (κ3) is 3.02. The number of aromatic nitrogens is 1. The molecule has 2 aromatic carbocycles. The Bertz CT molecular complexity index is 778. The van der Waals surface area contributed by atoms with Gasteiger partial charge in [-0.25, -0.2) is 4.79 Å². The van der Waals surface area contributed by atoms with E-state index in [-0.39, 0.29) is 5.69 Å². The van der Waals surface area contributed by atoms with Crippen molar-refractivity contribution in [3.63, 3.8) is 0 Å². The van der Waals surface area contributed by atoms with Gasteiger partial charge in [0, 0.05) is 23.0 Å². The highest BCUT2D eigenvalue weighted by atomic mass is 16.4. The quantitative estimate of drug-likeness (QED) is 0.612. The minimum Gasteiger partial charge on any atom is -0.477 e. The molecule has 1 aromatic heterocycles. The maximum atomic E-state index is 11.4. The smallest absolute Gasteiger partial charge is 0.352 e. The number of carboxylic acid groups (broad SMARTS) is 1. The SMILES string of the molecule is O=C(O)c1[nH]c2ccccc2c1CNCCc1ccccc1. The molecule has 3 N–H and O–H groups in total. The molecule has 0 aliphatic heterocycles. The zero-order chi connectivity index (χ0) is 15.4. The molecule has 0 unspecified atom stereocenters. The lowest BCUT2D eigenvalue weighted by Crippen LogP contribution is -2.18. The van der Waals surface area contributed by atoms with Crippen LogP contribution < -0.4 is 5.32 Å². The maximum absolute atomic E-state index is 11.4.